The zero-order valence-corrected chi connectivity index (χ0v) is 16.5. The molecule has 2 aliphatic rings. The number of hydrogen-bond acceptors (Lipinski definition) is 7. The molecule has 0 bridgehead atoms. The Balaban J connectivity index is 0.00000210. The highest BCUT2D eigenvalue weighted by Gasteiger charge is 2.27. The molecule has 4 heterocycles. The van der Waals surface area contributed by atoms with Gasteiger partial charge in [0, 0.05) is 19.0 Å². The summed E-state index contributed by atoms with van der Waals surface area (Å²) in [6.45, 7) is 7.23. The van der Waals surface area contributed by atoms with E-state index in [2.05, 4.69) is 25.0 Å². The number of aryl methyl sites for hydroxylation is 1. The van der Waals surface area contributed by atoms with Gasteiger partial charge in [0.15, 0.2) is 0 Å². The summed E-state index contributed by atoms with van der Waals surface area (Å²) < 4.78 is 12.8. The van der Waals surface area contributed by atoms with E-state index in [1.165, 1.54) is 7.11 Å². The number of nitrogens with one attached hydrogen (secondary N) is 1. The van der Waals surface area contributed by atoms with Crippen LogP contribution in [0, 0.1) is 6.92 Å². The molecule has 1 saturated heterocycles. The number of hydrogen-bond donors (Lipinski definition) is 1. The molecule has 2 aromatic rings. The second-order valence-corrected chi connectivity index (χ2v) is 7.03. The highest BCUT2D eigenvalue weighted by Crippen LogP contribution is 2.29. The second-order valence-electron chi connectivity index (χ2n) is 7.03. The highest BCUT2D eigenvalue weighted by molar-refractivity contribution is 5.90. The average molecular weight is 396 g/mol. The zero-order chi connectivity index (χ0) is 18.1. The predicted molar refractivity (Wildman–Crippen MR) is 101 cm³/mol. The number of nitrogens with zero attached hydrogens (tertiary/aromatic N) is 4. The Bertz CT molecular complexity index is 795. The van der Waals surface area contributed by atoms with Crippen molar-refractivity contribution >= 4 is 18.4 Å². The Morgan fingerprint density at radius 3 is 2.85 bits per heavy atom. The molecule has 0 spiro atoms. The third-order valence-corrected chi connectivity index (χ3v) is 5.36. The largest absolute Gasteiger partial charge is 0.465 e. The fraction of sp³-hybridized carbons (Fsp3) is 0.611. The van der Waals surface area contributed by atoms with Gasteiger partial charge in [-0.15, -0.1) is 22.6 Å². The van der Waals surface area contributed by atoms with E-state index in [4.69, 9.17) is 9.15 Å². The quantitative estimate of drug-likeness (QED) is 0.791. The van der Waals surface area contributed by atoms with Gasteiger partial charge in [-0.1, -0.05) is 0 Å². The Hall–Kier alpha value is -1.90. The van der Waals surface area contributed by atoms with Crippen molar-refractivity contribution in [1.29, 1.82) is 0 Å². The number of likely N-dealkylation sites (tertiary alicyclic amines) is 1. The fourth-order valence-corrected chi connectivity index (χ4v) is 3.92. The van der Waals surface area contributed by atoms with Crippen LogP contribution in [-0.4, -0.2) is 52.4 Å². The van der Waals surface area contributed by atoms with Gasteiger partial charge in [0.25, 0.3) is 0 Å². The van der Waals surface area contributed by atoms with Crippen LogP contribution >= 0.6 is 12.4 Å². The molecule has 4 rings (SSSR count). The molecule has 0 unspecified atom stereocenters. The van der Waals surface area contributed by atoms with Gasteiger partial charge in [-0.05, 0) is 38.9 Å². The van der Waals surface area contributed by atoms with Crippen molar-refractivity contribution in [3.63, 3.8) is 0 Å². The van der Waals surface area contributed by atoms with Gasteiger partial charge in [0.1, 0.15) is 28.7 Å². The summed E-state index contributed by atoms with van der Waals surface area (Å²) in [6, 6.07) is 1.80. The summed E-state index contributed by atoms with van der Waals surface area (Å²) in [4.78, 5) is 14.1. The van der Waals surface area contributed by atoms with Crippen molar-refractivity contribution < 1.29 is 13.9 Å². The highest BCUT2D eigenvalue weighted by atomic mass is 35.5. The Labute approximate surface area is 164 Å². The van der Waals surface area contributed by atoms with Gasteiger partial charge < -0.3 is 19.0 Å². The van der Waals surface area contributed by atoms with Gasteiger partial charge in [0.05, 0.1) is 20.2 Å². The molecule has 0 amide bonds. The summed E-state index contributed by atoms with van der Waals surface area (Å²) >= 11 is 0. The van der Waals surface area contributed by atoms with Crippen LogP contribution in [0.1, 0.15) is 52.3 Å². The lowest BCUT2D eigenvalue weighted by atomic mass is 9.95. The lowest BCUT2D eigenvalue weighted by molar-refractivity contribution is 0.0599. The molecule has 9 heteroatoms. The van der Waals surface area contributed by atoms with Crippen LogP contribution < -0.4 is 5.32 Å². The van der Waals surface area contributed by atoms with Crippen LogP contribution in [0.3, 0.4) is 0 Å². The van der Waals surface area contributed by atoms with E-state index >= 15 is 0 Å². The molecule has 2 aromatic heterocycles. The van der Waals surface area contributed by atoms with E-state index < -0.39 is 0 Å². The number of halogens is 1. The first-order valence-electron chi connectivity index (χ1n) is 9.18. The minimum Gasteiger partial charge on any atom is -0.465 e. The molecule has 0 aliphatic carbocycles. The minimum absolute atomic E-state index is 0. The van der Waals surface area contributed by atoms with Crippen LogP contribution in [0.5, 0.6) is 0 Å². The molecule has 0 radical (unpaired) electrons. The summed E-state index contributed by atoms with van der Waals surface area (Å²) in [6.07, 6.45) is 2.13. The molecule has 148 valence electrons. The average Bonchev–Trinajstić information content (AvgIpc) is 3.25. The van der Waals surface area contributed by atoms with Crippen LogP contribution in [0.15, 0.2) is 10.5 Å². The van der Waals surface area contributed by atoms with Gasteiger partial charge in [-0.2, -0.15) is 0 Å². The third kappa shape index (κ3) is 4.02. The SMILES string of the molecule is COC(=O)c1cc(CN2CCC(c3nnc4n3CCNC4)CC2)oc1C.Cl. The lowest BCUT2D eigenvalue weighted by Crippen LogP contribution is -2.34. The maximum Gasteiger partial charge on any atom is 0.341 e. The maximum atomic E-state index is 11.7. The maximum absolute atomic E-state index is 11.7. The van der Waals surface area contributed by atoms with Crippen LogP contribution in [0.2, 0.25) is 0 Å². The van der Waals surface area contributed by atoms with Crippen molar-refractivity contribution in [3.05, 3.63) is 34.8 Å². The van der Waals surface area contributed by atoms with Crippen molar-refractivity contribution in [2.75, 3.05) is 26.7 Å². The Morgan fingerprint density at radius 1 is 1.33 bits per heavy atom. The standard InChI is InChI=1S/C18H25N5O3.ClH/c1-12-15(18(24)25-2)9-14(26-12)11-22-6-3-13(4-7-22)17-21-20-16-10-19-5-8-23(16)17;/h9,13,19H,3-8,10-11H2,1-2H3;1H. The third-order valence-electron chi connectivity index (χ3n) is 5.36. The van der Waals surface area contributed by atoms with Crippen molar-refractivity contribution in [2.45, 2.75) is 45.3 Å². The minimum atomic E-state index is -0.345. The van der Waals surface area contributed by atoms with E-state index in [1.807, 2.05) is 0 Å². The van der Waals surface area contributed by atoms with Crippen LogP contribution in [-0.2, 0) is 24.4 Å². The van der Waals surface area contributed by atoms with Gasteiger partial charge in [-0.25, -0.2) is 4.79 Å². The molecule has 2 aliphatic heterocycles. The van der Waals surface area contributed by atoms with Crippen LogP contribution in [0.4, 0.5) is 0 Å². The topological polar surface area (TPSA) is 85.4 Å². The van der Waals surface area contributed by atoms with E-state index in [0.717, 1.165) is 63.0 Å². The van der Waals surface area contributed by atoms with Gasteiger partial charge in [0.2, 0.25) is 0 Å². The number of ether oxygens (including phenoxy) is 1. The first kappa shape index (κ1) is 19.9. The van der Waals surface area contributed by atoms with E-state index in [-0.39, 0.29) is 18.4 Å². The number of rotatable bonds is 4. The Kier molecular flexibility index (Phi) is 6.18. The molecular weight excluding hydrogens is 370 g/mol. The molecular formula is C18H26ClN5O3. The van der Waals surface area contributed by atoms with Crippen LogP contribution in [0.25, 0.3) is 0 Å². The van der Waals surface area contributed by atoms with E-state index in [0.29, 0.717) is 23.8 Å². The summed E-state index contributed by atoms with van der Waals surface area (Å²) in [5, 5.41) is 12.1. The number of carbonyl (C=O) groups is 1. The van der Waals surface area contributed by atoms with Crippen molar-refractivity contribution in [2.24, 2.45) is 0 Å². The number of methoxy groups -OCH3 is 1. The number of piperidine rings is 1. The fourth-order valence-electron chi connectivity index (χ4n) is 3.92. The Morgan fingerprint density at radius 2 is 2.11 bits per heavy atom. The molecule has 0 atom stereocenters. The normalized spacial score (nSPS) is 18.0. The second kappa shape index (κ2) is 8.41. The van der Waals surface area contributed by atoms with Crippen molar-refractivity contribution in [1.82, 2.24) is 25.0 Å². The van der Waals surface area contributed by atoms with Gasteiger partial charge >= 0.3 is 5.97 Å². The molecule has 1 N–H and O–H groups in total. The zero-order valence-electron chi connectivity index (χ0n) is 15.7. The number of furan rings is 1. The number of carbonyl (C=O) groups excluding carboxylic acids is 1. The molecule has 0 aromatic carbocycles. The first-order valence-corrected chi connectivity index (χ1v) is 9.18. The van der Waals surface area contributed by atoms with E-state index in [9.17, 15) is 4.79 Å². The number of esters is 1. The monoisotopic (exact) mass is 395 g/mol. The molecule has 8 nitrogen and oxygen atoms in total. The van der Waals surface area contributed by atoms with Gasteiger partial charge in [-0.3, -0.25) is 4.90 Å². The number of fused-ring (bicyclic) bond motifs is 1. The van der Waals surface area contributed by atoms with Crippen molar-refractivity contribution in [3.8, 4) is 0 Å². The van der Waals surface area contributed by atoms with E-state index in [1.54, 1.807) is 13.0 Å². The first-order chi connectivity index (χ1) is 12.7. The molecule has 0 saturated carbocycles. The summed E-state index contributed by atoms with van der Waals surface area (Å²) in [5.41, 5.74) is 0.515. The molecule has 1 fully saturated rings. The predicted octanol–water partition coefficient (Wildman–Crippen LogP) is 1.87. The number of aromatic nitrogens is 3. The summed E-state index contributed by atoms with van der Waals surface area (Å²) in [7, 11) is 1.39. The smallest absolute Gasteiger partial charge is 0.341 e. The summed E-state index contributed by atoms with van der Waals surface area (Å²) in [5.74, 6) is 3.74. The lowest BCUT2D eigenvalue weighted by Gasteiger charge is -2.31. The molecule has 27 heavy (non-hydrogen) atoms.